The Morgan fingerprint density at radius 2 is 1.73 bits per heavy atom. The number of fused-ring (bicyclic) bond motifs is 1. The van der Waals surface area contributed by atoms with Gasteiger partial charge in [0, 0.05) is 12.6 Å². The average Bonchev–Trinajstić information content (AvgIpc) is 3.15. The first-order valence-corrected chi connectivity index (χ1v) is 11.1. The molecule has 2 atom stereocenters. The third kappa shape index (κ3) is 4.87. The molecule has 0 unspecified atom stereocenters. The number of carbonyl (C=O) groups excluding carboxylic acids is 2. The van der Waals surface area contributed by atoms with Crippen molar-refractivity contribution in [3.8, 4) is 0 Å². The molecule has 1 N–H and O–H groups in total. The molecule has 5 nitrogen and oxygen atoms in total. The number of aromatic nitrogens is 1. The molecule has 2 amide bonds. The van der Waals surface area contributed by atoms with Crippen molar-refractivity contribution < 1.29 is 9.59 Å². The molecule has 0 aliphatic carbocycles. The predicted molar refractivity (Wildman–Crippen MR) is 123 cm³/mol. The molecule has 0 saturated heterocycles. The average molecular weight is 424 g/mol. The monoisotopic (exact) mass is 423 g/mol. The molecule has 0 radical (unpaired) electrons. The SMILES string of the molecule is Cc1ccccc1C(=O)N[C@H](CC(C)C)C(=O)N(C)[C@@H](C)c1nc2ccccc2s1. The highest BCUT2D eigenvalue weighted by Gasteiger charge is 2.29. The van der Waals surface area contributed by atoms with E-state index in [9.17, 15) is 9.59 Å². The second-order valence-corrected chi connectivity index (χ2v) is 9.18. The molecule has 1 heterocycles. The first-order chi connectivity index (χ1) is 14.3. The minimum atomic E-state index is -0.584. The molecule has 3 rings (SSSR count). The third-order valence-electron chi connectivity index (χ3n) is 5.30. The molecule has 0 spiro atoms. The number of amides is 2. The molecule has 158 valence electrons. The van der Waals surface area contributed by atoms with Crippen LogP contribution in [-0.4, -0.2) is 34.8 Å². The second kappa shape index (κ2) is 9.39. The maximum atomic E-state index is 13.3. The summed E-state index contributed by atoms with van der Waals surface area (Å²) in [5.74, 6) is -0.0483. The van der Waals surface area contributed by atoms with Crippen molar-refractivity contribution in [2.75, 3.05) is 7.05 Å². The van der Waals surface area contributed by atoms with Gasteiger partial charge in [-0.1, -0.05) is 44.2 Å². The van der Waals surface area contributed by atoms with E-state index in [1.165, 1.54) is 0 Å². The van der Waals surface area contributed by atoms with Crippen LogP contribution >= 0.6 is 11.3 Å². The number of hydrogen-bond donors (Lipinski definition) is 1. The van der Waals surface area contributed by atoms with Crippen LogP contribution in [0.4, 0.5) is 0 Å². The van der Waals surface area contributed by atoms with Gasteiger partial charge in [-0.05, 0) is 49.9 Å². The van der Waals surface area contributed by atoms with E-state index in [0.717, 1.165) is 20.8 Å². The Bertz CT molecular complexity index is 1010. The van der Waals surface area contributed by atoms with Gasteiger partial charge in [-0.3, -0.25) is 9.59 Å². The van der Waals surface area contributed by atoms with Gasteiger partial charge in [0.05, 0.1) is 16.3 Å². The number of para-hydroxylation sites is 1. The maximum absolute atomic E-state index is 13.3. The normalized spacial score (nSPS) is 13.3. The van der Waals surface area contributed by atoms with Crippen molar-refractivity contribution >= 4 is 33.4 Å². The zero-order chi connectivity index (χ0) is 21.8. The Morgan fingerprint density at radius 1 is 1.07 bits per heavy atom. The summed E-state index contributed by atoms with van der Waals surface area (Å²) >= 11 is 1.60. The summed E-state index contributed by atoms with van der Waals surface area (Å²) in [7, 11) is 1.78. The highest BCUT2D eigenvalue weighted by atomic mass is 32.1. The molecule has 1 aromatic heterocycles. The van der Waals surface area contributed by atoms with Crippen LogP contribution in [-0.2, 0) is 4.79 Å². The van der Waals surface area contributed by atoms with Gasteiger partial charge in [-0.25, -0.2) is 4.98 Å². The van der Waals surface area contributed by atoms with Crippen molar-refractivity contribution in [2.24, 2.45) is 5.92 Å². The van der Waals surface area contributed by atoms with Gasteiger partial charge in [0.25, 0.3) is 5.91 Å². The Balaban J connectivity index is 1.79. The number of aryl methyl sites for hydroxylation is 1. The van der Waals surface area contributed by atoms with Crippen LogP contribution in [0.2, 0.25) is 0 Å². The lowest BCUT2D eigenvalue weighted by atomic mass is 10.0. The molecule has 0 aliphatic rings. The summed E-state index contributed by atoms with van der Waals surface area (Å²) in [6, 6.07) is 14.6. The zero-order valence-corrected chi connectivity index (χ0v) is 19.0. The Morgan fingerprint density at radius 3 is 2.40 bits per heavy atom. The van der Waals surface area contributed by atoms with Gasteiger partial charge in [0.1, 0.15) is 11.0 Å². The number of nitrogens with one attached hydrogen (secondary N) is 1. The number of carbonyl (C=O) groups is 2. The fourth-order valence-electron chi connectivity index (χ4n) is 3.43. The fraction of sp³-hybridized carbons (Fsp3) is 0.375. The van der Waals surface area contributed by atoms with E-state index in [-0.39, 0.29) is 23.8 Å². The molecule has 0 saturated carbocycles. The standard InChI is InChI=1S/C24H29N3O2S/c1-15(2)14-20(25-22(28)18-11-7-6-10-16(18)3)24(29)27(5)17(4)23-26-19-12-8-9-13-21(19)30-23/h6-13,15,17,20H,14H2,1-5H3,(H,25,28)/t17-,20+/m0/s1. The summed E-state index contributed by atoms with van der Waals surface area (Å²) in [6.07, 6.45) is 0.577. The number of hydrogen-bond acceptors (Lipinski definition) is 4. The number of likely N-dealkylation sites (N-methyl/N-ethyl adjacent to an activating group) is 1. The van der Waals surface area contributed by atoms with Crippen LogP contribution in [0.1, 0.15) is 54.2 Å². The van der Waals surface area contributed by atoms with Crippen LogP contribution < -0.4 is 5.32 Å². The van der Waals surface area contributed by atoms with Gasteiger partial charge in [0.15, 0.2) is 0 Å². The molecule has 30 heavy (non-hydrogen) atoms. The molecule has 0 fully saturated rings. The minimum Gasteiger partial charge on any atom is -0.340 e. The Kier molecular flexibility index (Phi) is 6.87. The first kappa shape index (κ1) is 22.0. The van der Waals surface area contributed by atoms with E-state index in [2.05, 4.69) is 19.2 Å². The highest BCUT2D eigenvalue weighted by molar-refractivity contribution is 7.18. The predicted octanol–water partition coefficient (Wildman–Crippen LogP) is 4.97. The zero-order valence-electron chi connectivity index (χ0n) is 18.2. The minimum absolute atomic E-state index is 0.0996. The quantitative estimate of drug-likeness (QED) is 0.584. The van der Waals surface area contributed by atoms with Crippen molar-refractivity contribution in [1.29, 1.82) is 0 Å². The van der Waals surface area contributed by atoms with Gasteiger partial charge in [0.2, 0.25) is 5.91 Å². The lowest BCUT2D eigenvalue weighted by Gasteiger charge is -2.29. The van der Waals surface area contributed by atoms with Crippen molar-refractivity contribution in [2.45, 2.75) is 46.2 Å². The van der Waals surface area contributed by atoms with E-state index in [0.29, 0.717) is 12.0 Å². The number of nitrogens with zero attached hydrogens (tertiary/aromatic N) is 2. The van der Waals surface area contributed by atoms with Crippen LogP contribution in [0.5, 0.6) is 0 Å². The molecule has 0 aliphatic heterocycles. The lowest BCUT2D eigenvalue weighted by Crippen LogP contribution is -2.48. The molecule has 3 aromatic rings. The van der Waals surface area contributed by atoms with Gasteiger partial charge in [-0.15, -0.1) is 11.3 Å². The molecule has 0 bridgehead atoms. The number of rotatable bonds is 7. The second-order valence-electron chi connectivity index (χ2n) is 8.12. The van der Waals surface area contributed by atoms with Gasteiger partial charge >= 0.3 is 0 Å². The van der Waals surface area contributed by atoms with E-state index in [1.807, 2.05) is 56.3 Å². The summed E-state index contributed by atoms with van der Waals surface area (Å²) in [6.45, 7) is 7.98. The lowest BCUT2D eigenvalue weighted by molar-refractivity contribution is -0.134. The summed E-state index contributed by atoms with van der Waals surface area (Å²) in [5, 5.41) is 3.86. The molecular formula is C24H29N3O2S. The first-order valence-electron chi connectivity index (χ1n) is 10.3. The summed E-state index contributed by atoms with van der Waals surface area (Å²) in [4.78, 5) is 32.6. The van der Waals surface area contributed by atoms with Crippen LogP contribution in [0.3, 0.4) is 0 Å². The van der Waals surface area contributed by atoms with E-state index >= 15 is 0 Å². The van der Waals surface area contributed by atoms with Crippen LogP contribution in [0.25, 0.3) is 10.2 Å². The molecule has 6 heteroatoms. The summed E-state index contributed by atoms with van der Waals surface area (Å²) in [5.41, 5.74) is 2.43. The highest BCUT2D eigenvalue weighted by Crippen LogP contribution is 2.29. The molecule has 2 aromatic carbocycles. The van der Waals surface area contributed by atoms with Crippen molar-refractivity contribution in [3.63, 3.8) is 0 Å². The molecular weight excluding hydrogens is 394 g/mol. The number of thiazole rings is 1. The third-order valence-corrected chi connectivity index (χ3v) is 6.50. The summed E-state index contributed by atoms with van der Waals surface area (Å²) < 4.78 is 1.10. The van der Waals surface area contributed by atoms with Crippen molar-refractivity contribution in [3.05, 3.63) is 64.7 Å². The van der Waals surface area contributed by atoms with E-state index in [4.69, 9.17) is 4.98 Å². The number of benzene rings is 2. The van der Waals surface area contributed by atoms with Crippen LogP contribution in [0, 0.1) is 12.8 Å². The topological polar surface area (TPSA) is 62.3 Å². The van der Waals surface area contributed by atoms with Crippen LogP contribution in [0.15, 0.2) is 48.5 Å². The van der Waals surface area contributed by atoms with Gasteiger partial charge in [-0.2, -0.15) is 0 Å². The maximum Gasteiger partial charge on any atom is 0.252 e. The van der Waals surface area contributed by atoms with Gasteiger partial charge < -0.3 is 10.2 Å². The smallest absolute Gasteiger partial charge is 0.252 e. The Labute approximate surface area is 182 Å². The fourth-order valence-corrected chi connectivity index (χ4v) is 4.49. The largest absolute Gasteiger partial charge is 0.340 e. The Hall–Kier alpha value is -2.73. The van der Waals surface area contributed by atoms with E-state index in [1.54, 1.807) is 29.4 Å². The van der Waals surface area contributed by atoms with E-state index < -0.39 is 6.04 Å². The van der Waals surface area contributed by atoms with Crippen molar-refractivity contribution in [1.82, 2.24) is 15.2 Å².